The number of hydrogen-bond acceptors (Lipinski definition) is 1. The highest BCUT2D eigenvalue weighted by atomic mass is 14.6. The van der Waals surface area contributed by atoms with Crippen molar-refractivity contribution in [1.82, 2.24) is 0 Å². The Morgan fingerprint density at radius 3 is 2.55 bits per heavy atom. The summed E-state index contributed by atoms with van der Waals surface area (Å²) < 4.78 is 0. The molecule has 11 heavy (non-hydrogen) atoms. The van der Waals surface area contributed by atoms with Crippen LogP contribution in [0.2, 0.25) is 0 Å². The second-order valence-electron chi connectivity index (χ2n) is 4.08. The summed E-state index contributed by atoms with van der Waals surface area (Å²) >= 11 is 0. The summed E-state index contributed by atoms with van der Waals surface area (Å²) in [7, 11) is 0. The minimum absolute atomic E-state index is 0.823. The van der Waals surface area contributed by atoms with Gasteiger partial charge in [-0.2, -0.15) is 0 Å². The van der Waals surface area contributed by atoms with E-state index >= 15 is 0 Å². The Morgan fingerprint density at radius 2 is 2.00 bits per heavy atom. The molecule has 0 aliphatic heterocycles. The van der Waals surface area contributed by atoms with E-state index in [-0.39, 0.29) is 0 Å². The first-order valence-corrected chi connectivity index (χ1v) is 4.98. The van der Waals surface area contributed by atoms with E-state index in [4.69, 9.17) is 5.73 Å². The van der Waals surface area contributed by atoms with E-state index in [9.17, 15) is 0 Å². The Balaban J connectivity index is 2.41. The summed E-state index contributed by atoms with van der Waals surface area (Å²) in [5.74, 6) is 2.67. The molecule has 0 radical (unpaired) electrons. The smallest absolute Gasteiger partial charge is 0.00461 e. The lowest BCUT2D eigenvalue weighted by molar-refractivity contribution is 0.190. The van der Waals surface area contributed by atoms with Crippen molar-refractivity contribution in [2.75, 3.05) is 6.54 Å². The second-order valence-corrected chi connectivity index (χ2v) is 4.08. The van der Waals surface area contributed by atoms with Gasteiger partial charge in [0.1, 0.15) is 0 Å². The van der Waals surface area contributed by atoms with E-state index in [1.165, 1.54) is 25.7 Å². The van der Waals surface area contributed by atoms with Crippen LogP contribution < -0.4 is 5.73 Å². The molecule has 1 rings (SSSR count). The molecule has 66 valence electrons. The van der Waals surface area contributed by atoms with Crippen LogP contribution in [-0.2, 0) is 0 Å². The highest BCUT2D eigenvalue weighted by Gasteiger charge is 2.25. The van der Waals surface area contributed by atoms with Crippen molar-refractivity contribution in [2.45, 2.75) is 39.5 Å². The fourth-order valence-corrected chi connectivity index (χ4v) is 2.39. The normalized spacial score (nSPS) is 39.0. The largest absolute Gasteiger partial charge is 0.330 e. The molecule has 1 heteroatoms. The van der Waals surface area contributed by atoms with Gasteiger partial charge in [-0.25, -0.2) is 0 Å². The molecule has 0 heterocycles. The maximum atomic E-state index is 5.73. The van der Waals surface area contributed by atoms with Gasteiger partial charge in [0.15, 0.2) is 0 Å². The summed E-state index contributed by atoms with van der Waals surface area (Å²) in [4.78, 5) is 0. The molecular weight excluding hydrogens is 134 g/mol. The highest BCUT2D eigenvalue weighted by molar-refractivity contribution is 4.78. The van der Waals surface area contributed by atoms with Gasteiger partial charge >= 0.3 is 0 Å². The molecule has 3 atom stereocenters. The van der Waals surface area contributed by atoms with Crippen LogP contribution in [0.25, 0.3) is 0 Å². The topological polar surface area (TPSA) is 26.0 Å². The van der Waals surface area contributed by atoms with Crippen molar-refractivity contribution in [2.24, 2.45) is 23.5 Å². The standard InChI is InChI=1S/C10H21N/c1-3-9-5-4-8(2)6-10(9)7-11/h8-10H,3-7,11H2,1-2H3. The van der Waals surface area contributed by atoms with Crippen LogP contribution in [0, 0.1) is 17.8 Å². The van der Waals surface area contributed by atoms with Crippen molar-refractivity contribution in [3.8, 4) is 0 Å². The molecule has 1 aliphatic rings. The first-order valence-electron chi connectivity index (χ1n) is 4.98. The van der Waals surface area contributed by atoms with Gasteiger partial charge in [-0.15, -0.1) is 0 Å². The van der Waals surface area contributed by atoms with Crippen LogP contribution in [0.4, 0.5) is 0 Å². The SMILES string of the molecule is CCC1CCC(C)CC1CN. The average Bonchev–Trinajstić information content (AvgIpc) is 2.04. The molecule has 1 fully saturated rings. The molecular formula is C10H21N. The van der Waals surface area contributed by atoms with Crippen LogP contribution >= 0.6 is 0 Å². The Morgan fingerprint density at radius 1 is 1.27 bits per heavy atom. The second kappa shape index (κ2) is 4.10. The lowest BCUT2D eigenvalue weighted by Crippen LogP contribution is -2.29. The van der Waals surface area contributed by atoms with Gasteiger partial charge in [0, 0.05) is 0 Å². The predicted octanol–water partition coefficient (Wildman–Crippen LogP) is 2.41. The molecule has 0 bridgehead atoms. The third kappa shape index (κ3) is 2.19. The quantitative estimate of drug-likeness (QED) is 0.651. The van der Waals surface area contributed by atoms with Crippen molar-refractivity contribution in [1.29, 1.82) is 0 Å². The Kier molecular flexibility index (Phi) is 3.38. The highest BCUT2D eigenvalue weighted by Crippen LogP contribution is 2.34. The van der Waals surface area contributed by atoms with Gasteiger partial charge in [-0.05, 0) is 37.1 Å². The zero-order valence-electron chi connectivity index (χ0n) is 7.84. The molecule has 1 aliphatic carbocycles. The van der Waals surface area contributed by atoms with E-state index < -0.39 is 0 Å². The van der Waals surface area contributed by atoms with Crippen molar-refractivity contribution < 1.29 is 0 Å². The first-order chi connectivity index (χ1) is 5.27. The molecule has 0 aromatic carbocycles. The van der Waals surface area contributed by atoms with Crippen molar-refractivity contribution in [3.63, 3.8) is 0 Å². The van der Waals surface area contributed by atoms with E-state index in [2.05, 4.69) is 13.8 Å². The van der Waals surface area contributed by atoms with Gasteiger partial charge in [0.2, 0.25) is 0 Å². The van der Waals surface area contributed by atoms with Gasteiger partial charge in [0.25, 0.3) is 0 Å². The zero-order valence-corrected chi connectivity index (χ0v) is 7.84. The third-order valence-electron chi connectivity index (χ3n) is 3.23. The molecule has 0 saturated heterocycles. The van der Waals surface area contributed by atoms with Crippen LogP contribution in [0.5, 0.6) is 0 Å². The van der Waals surface area contributed by atoms with Crippen LogP contribution in [0.1, 0.15) is 39.5 Å². The Bertz CT molecular complexity index is 111. The maximum absolute atomic E-state index is 5.73. The Hall–Kier alpha value is -0.0400. The minimum atomic E-state index is 0.823. The van der Waals surface area contributed by atoms with E-state index in [1.54, 1.807) is 0 Å². The maximum Gasteiger partial charge on any atom is -0.00461 e. The summed E-state index contributed by atoms with van der Waals surface area (Å²) in [5, 5.41) is 0. The molecule has 3 unspecified atom stereocenters. The molecule has 1 nitrogen and oxygen atoms in total. The van der Waals surface area contributed by atoms with Crippen molar-refractivity contribution in [3.05, 3.63) is 0 Å². The molecule has 0 aromatic heterocycles. The summed E-state index contributed by atoms with van der Waals surface area (Å²) in [6.45, 7) is 5.56. The van der Waals surface area contributed by atoms with Gasteiger partial charge in [0.05, 0.1) is 0 Å². The molecule has 0 aromatic rings. The van der Waals surface area contributed by atoms with E-state index in [0.29, 0.717) is 0 Å². The van der Waals surface area contributed by atoms with Crippen LogP contribution in [0.15, 0.2) is 0 Å². The zero-order chi connectivity index (χ0) is 8.27. The number of hydrogen-bond donors (Lipinski definition) is 1. The molecule has 2 N–H and O–H groups in total. The van der Waals surface area contributed by atoms with E-state index in [0.717, 1.165) is 24.3 Å². The van der Waals surface area contributed by atoms with Crippen LogP contribution in [0.3, 0.4) is 0 Å². The molecule has 0 amide bonds. The lowest BCUT2D eigenvalue weighted by atomic mass is 9.74. The van der Waals surface area contributed by atoms with Crippen molar-refractivity contribution >= 4 is 0 Å². The summed E-state index contributed by atoms with van der Waals surface area (Å²) in [6.07, 6.45) is 5.54. The third-order valence-corrected chi connectivity index (χ3v) is 3.23. The average molecular weight is 155 g/mol. The van der Waals surface area contributed by atoms with Gasteiger partial charge < -0.3 is 5.73 Å². The number of rotatable bonds is 2. The van der Waals surface area contributed by atoms with Crippen LogP contribution in [-0.4, -0.2) is 6.54 Å². The monoisotopic (exact) mass is 155 g/mol. The lowest BCUT2D eigenvalue weighted by Gasteiger charge is -2.33. The summed E-state index contributed by atoms with van der Waals surface area (Å²) in [6, 6.07) is 0. The summed E-state index contributed by atoms with van der Waals surface area (Å²) in [5.41, 5.74) is 5.73. The van der Waals surface area contributed by atoms with Gasteiger partial charge in [-0.1, -0.05) is 26.7 Å². The first kappa shape index (κ1) is 9.05. The molecule has 1 saturated carbocycles. The fourth-order valence-electron chi connectivity index (χ4n) is 2.39. The predicted molar refractivity (Wildman–Crippen MR) is 49.3 cm³/mol. The molecule has 0 spiro atoms. The van der Waals surface area contributed by atoms with E-state index in [1.807, 2.05) is 0 Å². The van der Waals surface area contributed by atoms with Gasteiger partial charge in [-0.3, -0.25) is 0 Å². The number of nitrogens with two attached hydrogens (primary N) is 1. The Labute approximate surface area is 70.4 Å². The minimum Gasteiger partial charge on any atom is -0.330 e. The fraction of sp³-hybridized carbons (Fsp3) is 1.00.